The maximum Gasteiger partial charge on any atom is 0.273 e. The van der Waals surface area contributed by atoms with Gasteiger partial charge in [0.15, 0.2) is 92.0 Å². The predicted molar refractivity (Wildman–Crippen MR) is 430 cm³/mol. The lowest BCUT2D eigenvalue weighted by Crippen LogP contribution is -2.15. The zero-order valence-corrected chi connectivity index (χ0v) is 65.6. The number of rotatable bonds is 4. The number of nitrogen functional groups attached to an aromatic ring is 4. The van der Waals surface area contributed by atoms with Gasteiger partial charge in [-0.15, -0.1) is 0 Å². The summed E-state index contributed by atoms with van der Waals surface area (Å²) in [6, 6.07) is 37.5. The van der Waals surface area contributed by atoms with Crippen molar-refractivity contribution in [2.45, 2.75) is 0 Å². The molecular formula is C80H96N8O32. The molecule has 8 aromatic rings. The maximum atomic E-state index is 11.0. The number of non-ortho nitro benzene ring substituents is 4. The third-order valence-corrected chi connectivity index (χ3v) is 16.2. The number of nitrogens with two attached hydrogens (primary N) is 4. The van der Waals surface area contributed by atoms with E-state index in [0.29, 0.717) is 197 Å². The molecule has 4 aliphatic heterocycles. The van der Waals surface area contributed by atoms with Gasteiger partial charge in [0.1, 0.15) is 106 Å². The standard InChI is InChI=1S/2C20H22N2O10.2C20H26N2O6/c23-21(24)15-1-3-17-19(13-15)31-11-7-28-6-10-30-18-4-2-16(22(25)26)14-20(18)32-12-8-27-5-9-29-17;23-21(24)15-1-3-17-19(13-15)31-11-7-28-8-12-32-20-14-16(22(25)26)2-4-18(20)30-10-6-27-5-9-29-17;21-15-1-3-17-19(13-15)27-11-7-24-6-10-26-18-4-2-16(22)14-20(18)28-12-8-23-5-9-25-17;21-15-1-3-17-19(13-15)27-11-7-24-8-12-28-20-14-16(22)2-4-18(20)26-10-6-23-5-9-25-17/h2*1-4,13-14H,5-12H2;2*1-4,13-14H,5-12,21-22H2. The highest BCUT2D eigenvalue weighted by molar-refractivity contribution is 5.56. The Bertz CT molecular complexity index is 4220. The van der Waals surface area contributed by atoms with Crippen LogP contribution in [0.4, 0.5) is 45.5 Å². The van der Waals surface area contributed by atoms with Crippen LogP contribution in [0.15, 0.2) is 146 Å². The second-order valence-electron chi connectivity index (χ2n) is 24.9. The van der Waals surface area contributed by atoms with Crippen LogP contribution in [0, 0.1) is 40.5 Å². The number of hydrogen-bond acceptors (Lipinski definition) is 36. The van der Waals surface area contributed by atoms with Gasteiger partial charge in [0.25, 0.3) is 22.7 Å². The number of hydrogen-bond donors (Lipinski definition) is 4. The molecule has 40 heteroatoms. The summed E-state index contributed by atoms with van der Waals surface area (Å²) >= 11 is 0. The van der Waals surface area contributed by atoms with Crippen molar-refractivity contribution in [2.24, 2.45) is 0 Å². The first-order valence-electron chi connectivity index (χ1n) is 37.9. The lowest BCUT2D eigenvalue weighted by molar-refractivity contribution is -0.385. The second-order valence-corrected chi connectivity index (χ2v) is 24.9. The van der Waals surface area contributed by atoms with Gasteiger partial charge >= 0.3 is 0 Å². The molecule has 0 amide bonds. The smallest absolute Gasteiger partial charge is 0.273 e. The van der Waals surface area contributed by atoms with E-state index in [9.17, 15) is 40.5 Å². The van der Waals surface area contributed by atoms with Gasteiger partial charge in [-0.1, -0.05) is 0 Å². The van der Waals surface area contributed by atoms with Crippen LogP contribution in [0.5, 0.6) is 92.0 Å². The molecular weight excluding hydrogens is 1580 g/mol. The van der Waals surface area contributed by atoms with Crippen LogP contribution in [0.1, 0.15) is 0 Å². The van der Waals surface area contributed by atoms with Crippen molar-refractivity contribution in [3.63, 3.8) is 0 Å². The fourth-order valence-corrected chi connectivity index (χ4v) is 10.6. The van der Waals surface area contributed by atoms with Crippen LogP contribution >= 0.6 is 0 Å². The van der Waals surface area contributed by atoms with E-state index in [0.717, 1.165) is 0 Å². The minimum Gasteiger partial charge on any atom is -0.487 e. The summed E-state index contributed by atoms with van der Waals surface area (Å²) in [7, 11) is 0. The molecule has 0 bridgehead atoms. The van der Waals surface area contributed by atoms with E-state index >= 15 is 0 Å². The quantitative estimate of drug-likeness (QED) is 0.0723. The molecule has 4 heterocycles. The average Bonchev–Trinajstić information content (AvgIpc) is 0.876. The molecule has 0 spiro atoms. The van der Waals surface area contributed by atoms with Crippen molar-refractivity contribution >= 4 is 45.5 Å². The topological polar surface area (TPSA) is 498 Å². The van der Waals surface area contributed by atoms with Crippen molar-refractivity contribution in [3.8, 4) is 92.0 Å². The minimum atomic E-state index is -0.520. The van der Waals surface area contributed by atoms with Crippen LogP contribution in [-0.2, 0) is 37.9 Å². The fourth-order valence-electron chi connectivity index (χ4n) is 10.6. The van der Waals surface area contributed by atoms with Gasteiger partial charge in [-0.05, 0) is 72.8 Å². The Hall–Kier alpha value is -13.0. The third-order valence-electron chi connectivity index (χ3n) is 16.2. The Kier molecular flexibility index (Phi) is 38.9. The summed E-state index contributed by atoms with van der Waals surface area (Å²) < 4.78 is 135. The Morgan fingerprint density at radius 1 is 0.167 bits per heavy atom. The Morgan fingerprint density at radius 3 is 0.417 bits per heavy atom. The molecule has 12 rings (SSSR count). The molecule has 8 N–H and O–H groups in total. The summed E-state index contributed by atoms with van der Waals surface area (Å²) in [5.74, 6) is 7.11. The first-order chi connectivity index (χ1) is 58.5. The number of nitro benzene ring substituents is 4. The number of benzene rings is 8. The highest BCUT2D eigenvalue weighted by atomic mass is 16.7. The molecule has 0 atom stereocenters. The number of anilines is 4. The third kappa shape index (κ3) is 32.5. The van der Waals surface area contributed by atoms with Gasteiger partial charge in [0.05, 0.1) is 150 Å². The molecule has 0 saturated heterocycles. The zero-order valence-electron chi connectivity index (χ0n) is 65.6. The van der Waals surface area contributed by atoms with E-state index in [4.69, 9.17) is 137 Å². The largest absolute Gasteiger partial charge is 0.487 e. The zero-order chi connectivity index (χ0) is 84.7. The SMILES string of the molecule is Nc1ccc2c(c1)OCCOCCOc1cc(N)ccc1OCCOCCO2.Nc1ccc2c(c1)OCCOCCOc1ccc(N)cc1OCCOCCO2.O=[N+]([O-])c1ccc2c(c1)OCCOCCOc1cc([N+](=O)[O-])ccc1OCCOCCO2.O=[N+]([O-])c1ccc2c(c1)OCCOCCOc1ccc([N+](=O)[O-])cc1OCCOCCO2. The van der Waals surface area contributed by atoms with Crippen LogP contribution in [0.25, 0.3) is 0 Å². The minimum absolute atomic E-state index is 0.115. The number of nitro groups is 4. The summed E-state index contributed by atoms with van der Waals surface area (Å²) in [5.41, 5.74) is 25.3. The molecule has 0 aliphatic carbocycles. The van der Waals surface area contributed by atoms with Crippen LogP contribution in [-0.4, -0.2) is 231 Å². The number of ether oxygens (including phenoxy) is 24. The van der Waals surface area contributed by atoms with Gasteiger partial charge in [-0.3, -0.25) is 40.5 Å². The predicted octanol–water partition coefficient (Wildman–Crippen LogP) is 9.76. The average molecular weight is 1680 g/mol. The Morgan fingerprint density at radius 2 is 0.283 bits per heavy atom. The van der Waals surface area contributed by atoms with Crippen molar-refractivity contribution in [1.29, 1.82) is 0 Å². The summed E-state index contributed by atoms with van der Waals surface area (Å²) in [6.45, 7) is 9.25. The second kappa shape index (κ2) is 51.3. The molecule has 0 saturated carbocycles. The Labute approximate surface area is 688 Å². The molecule has 0 radical (unpaired) electrons. The molecule has 0 unspecified atom stereocenters. The van der Waals surface area contributed by atoms with Crippen molar-refractivity contribution in [3.05, 3.63) is 186 Å². The molecule has 8 aromatic carbocycles. The lowest BCUT2D eigenvalue weighted by Gasteiger charge is -2.16. The highest BCUT2D eigenvalue weighted by Gasteiger charge is 2.21. The van der Waals surface area contributed by atoms with Crippen LogP contribution < -0.4 is 98.7 Å². The van der Waals surface area contributed by atoms with E-state index in [1.165, 1.54) is 72.8 Å². The van der Waals surface area contributed by atoms with Gasteiger partial charge < -0.3 is 137 Å². The van der Waals surface area contributed by atoms with E-state index < -0.39 is 19.7 Å². The fraction of sp³-hybridized carbons (Fsp3) is 0.400. The number of nitrogens with zero attached hydrogens (tertiary/aromatic N) is 4. The first-order valence-corrected chi connectivity index (χ1v) is 37.9. The molecule has 0 aromatic heterocycles. The van der Waals surface area contributed by atoms with Crippen molar-refractivity contribution < 1.29 is 133 Å². The van der Waals surface area contributed by atoms with Crippen LogP contribution in [0.3, 0.4) is 0 Å². The normalized spacial score (nSPS) is 16.1. The molecule has 4 aliphatic rings. The van der Waals surface area contributed by atoms with Crippen molar-refractivity contribution in [1.82, 2.24) is 0 Å². The monoisotopic (exact) mass is 1680 g/mol. The summed E-state index contributed by atoms with van der Waals surface area (Å²) in [4.78, 5) is 42.0. The van der Waals surface area contributed by atoms with Crippen molar-refractivity contribution in [2.75, 3.05) is 234 Å². The van der Waals surface area contributed by atoms with E-state index in [1.807, 2.05) is 0 Å². The summed E-state index contributed by atoms with van der Waals surface area (Å²) in [5, 5.41) is 44.1. The highest BCUT2D eigenvalue weighted by Crippen LogP contribution is 2.38. The van der Waals surface area contributed by atoms with Gasteiger partial charge in [0.2, 0.25) is 0 Å². The van der Waals surface area contributed by atoms with E-state index in [1.54, 1.807) is 72.8 Å². The van der Waals surface area contributed by atoms with Gasteiger partial charge in [-0.2, -0.15) is 0 Å². The van der Waals surface area contributed by atoms with E-state index in [2.05, 4.69) is 0 Å². The Balaban J connectivity index is 0.000000182. The number of fused-ring (bicyclic) bond motifs is 8. The molecule has 40 nitrogen and oxygen atoms in total. The molecule has 0 fully saturated rings. The maximum absolute atomic E-state index is 11.0. The first kappa shape index (κ1) is 90.9. The molecule has 648 valence electrons. The van der Waals surface area contributed by atoms with E-state index in [-0.39, 0.29) is 151 Å². The summed E-state index contributed by atoms with van der Waals surface area (Å²) in [6.07, 6.45) is 0. The van der Waals surface area contributed by atoms with Gasteiger partial charge in [-0.25, -0.2) is 0 Å². The van der Waals surface area contributed by atoms with Crippen LogP contribution in [0.2, 0.25) is 0 Å². The molecule has 120 heavy (non-hydrogen) atoms. The lowest BCUT2D eigenvalue weighted by atomic mass is 10.3. The van der Waals surface area contributed by atoms with Gasteiger partial charge in [0, 0.05) is 71.3 Å².